The van der Waals surface area contributed by atoms with Gasteiger partial charge >= 0.3 is 6.09 Å². The van der Waals surface area contributed by atoms with Crippen LogP contribution in [0, 0.1) is 0 Å². The van der Waals surface area contributed by atoms with Gasteiger partial charge in [-0.05, 0) is 24.6 Å². The zero-order valence-electron chi connectivity index (χ0n) is 13.5. The standard InChI is InChI=1S/C14H21NO7S/c1-5-22-14(17)15-13-11(20-2)6-9(7-12(13)21-3)10(16)8-23(4,18)19/h6-7,10,16H,5,8H2,1-4H3,(H,15,17). The second kappa shape index (κ2) is 8.02. The summed E-state index contributed by atoms with van der Waals surface area (Å²) in [5.41, 5.74) is 0.516. The van der Waals surface area contributed by atoms with E-state index in [-0.39, 0.29) is 23.8 Å². The normalized spacial score (nSPS) is 12.4. The molecular weight excluding hydrogens is 326 g/mol. The molecular formula is C14H21NO7S. The number of amides is 1. The quantitative estimate of drug-likeness (QED) is 0.766. The van der Waals surface area contributed by atoms with Crippen LogP contribution in [0.5, 0.6) is 11.5 Å². The Balaban J connectivity index is 3.22. The second-order valence-electron chi connectivity index (χ2n) is 4.75. The third kappa shape index (κ3) is 5.61. The number of carbonyl (C=O) groups is 1. The predicted molar refractivity (Wildman–Crippen MR) is 84.9 cm³/mol. The first-order chi connectivity index (χ1) is 10.7. The smallest absolute Gasteiger partial charge is 0.411 e. The topological polar surface area (TPSA) is 111 Å². The Morgan fingerprint density at radius 2 is 1.78 bits per heavy atom. The van der Waals surface area contributed by atoms with Gasteiger partial charge in [0.05, 0.1) is 32.7 Å². The Morgan fingerprint density at radius 1 is 1.26 bits per heavy atom. The number of rotatable bonds is 7. The Kier molecular flexibility index (Phi) is 6.64. The SMILES string of the molecule is CCOC(=O)Nc1c(OC)cc(C(O)CS(C)(=O)=O)cc1OC. The average molecular weight is 347 g/mol. The molecule has 8 nitrogen and oxygen atoms in total. The molecule has 0 saturated heterocycles. The molecule has 0 aliphatic heterocycles. The maximum atomic E-state index is 11.6. The summed E-state index contributed by atoms with van der Waals surface area (Å²) in [7, 11) is -0.623. The van der Waals surface area contributed by atoms with E-state index in [4.69, 9.17) is 14.2 Å². The lowest BCUT2D eigenvalue weighted by Gasteiger charge is -2.18. The molecule has 0 saturated carbocycles. The number of methoxy groups -OCH3 is 2. The molecule has 1 atom stereocenters. The lowest BCUT2D eigenvalue weighted by molar-refractivity contribution is 0.167. The van der Waals surface area contributed by atoms with Crippen molar-refractivity contribution in [1.29, 1.82) is 0 Å². The van der Waals surface area contributed by atoms with Crippen molar-refractivity contribution in [3.63, 3.8) is 0 Å². The molecule has 0 spiro atoms. The average Bonchev–Trinajstić information content (AvgIpc) is 2.45. The van der Waals surface area contributed by atoms with Gasteiger partial charge in [0.25, 0.3) is 0 Å². The van der Waals surface area contributed by atoms with Crippen molar-refractivity contribution in [2.75, 3.05) is 38.2 Å². The van der Waals surface area contributed by atoms with Crippen LogP contribution < -0.4 is 14.8 Å². The zero-order chi connectivity index (χ0) is 17.6. The fourth-order valence-electron chi connectivity index (χ4n) is 1.90. The highest BCUT2D eigenvalue weighted by Crippen LogP contribution is 2.38. The van der Waals surface area contributed by atoms with Gasteiger partial charge in [0, 0.05) is 6.26 Å². The summed E-state index contributed by atoms with van der Waals surface area (Å²) in [6.07, 6.45) is -0.903. The fraction of sp³-hybridized carbons (Fsp3) is 0.500. The molecule has 0 aromatic heterocycles. The summed E-state index contributed by atoms with van der Waals surface area (Å²) in [6, 6.07) is 2.86. The van der Waals surface area contributed by atoms with Crippen molar-refractivity contribution in [2.24, 2.45) is 0 Å². The van der Waals surface area contributed by atoms with Gasteiger partial charge in [-0.15, -0.1) is 0 Å². The molecule has 1 rings (SSSR count). The van der Waals surface area contributed by atoms with E-state index < -0.39 is 27.8 Å². The molecule has 0 aliphatic rings. The maximum absolute atomic E-state index is 11.6. The van der Waals surface area contributed by atoms with Crippen molar-refractivity contribution >= 4 is 21.6 Å². The molecule has 2 N–H and O–H groups in total. The number of hydrogen-bond acceptors (Lipinski definition) is 7. The van der Waals surface area contributed by atoms with E-state index in [1.807, 2.05) is 0 Å². The number of aliphatic hydroxyl groups excluding tert-OH is 1. The number of nitrogens with one attached hydrogen (secondary N) is 1. The van der Waals surface area contributed by atoms with Crippen LogP contribution in [0.15, 0.2) is 12.1 Å². The van der Waals surface area contributed by atoms with Crippen LogP contribution in [-0.4, -0.2) is 52.5 Å². The monoisotopic (exact) mass is 347 g/mol. The van der Waals surface area contributed by atoms with Gasteiger partial charge in [-0.25, -0.2) is 13.2 Å². The largest absolute Gasteiger partial charge is 0.494 e. The molecule has 0 heterocycles. The van der Waals surface area contributed by atoms with Crippen LogP contribution in [0.3, 0.4) is 0 Å². The van der Waals surface area contributed by atoms with E-state index in [0.717, 1.165) is 6.26 Å². The molecule has 0 aliphatic carbocycles. The van der Waals surface area contributed by atoms with Crippen molar-refractivity contribution < 1.29 is 32.5 Å². The summed E-state index contributed by atoms with van der Waals surface area (Å²) >= 11 is 0. The van der Waals surface area contributed by atoms with Gasteiger partial charge in [-0.2, -0.15) is 0 Å². The Morgan fingerprint density at radius 3 is 2.17 bits per heavy atom. The fourth-order valence-corrected chi connectivity index (χ4v) is 2.67. The highest BCUT2D eigenvalue weighted by Gasteiger charge is 2.21. The van der Waals surface area contributed by atoms with E-state index in [1.165, 1.54) is 26.4 Å². The third-order valence-electron chi connectivity index (χ3n) is 2.88. The van der Waals surface area contributed by atoms with Crippen molar-refractivity contribution in [3.05, 3.63) is 17.7 Å². The van der Waals surface area contributed by atoms with E-state index >= 15 is 0 Å². The summed E-state index contributed by atoms with van der Waals surface area (Å²) in [6.45, 7) is 1.86. The molecule has 130 valence electrons. The summed E-state index contributed by atoms with van der Waals surface area (Å²) in [5.74, 6) is -0.0239. The van der Waals surface area contributed by atoms with Crippen LogP contribution in [-0.2, 0) is 14.6 Å². The van der Waals surface area contributed by atoms with Gasteiger partial charge < -0.3 is 19.3 Å². The number of anilines is 1. The number of benzene rings is 1. The minimum Gasteiger partial charge on any atom is -0.494 e. The first kappa shape index (κ1) is 19.0. The molecule has 1 aromatic rings. The molecule has 9 heteroatoms. The van der Waals surface area contributed by atoms with E-state index in [1.54, 1.807) is 6.92 Å². The summed E-state index contributed by atoms with van der Waals surface area (Å²) < 4.78 is 37.8. The lowest BCUT2D eigenvalue weighted by atomic mass is 10.1. The predicted octanol–water partition coefficient (Wildman–Crippen LogP) is 1.35. The van der Waals surface area contributed by atoms with Crippen molar-refractivity contribution in [1.82, 2.24) is 0 Å². The first-order valence-corrected chi connectivity index (χ1v) is 8.83. The van der Waals surface area contributed by atoms with Crippen LogP contribution in [0.1, 0.15) is 18.6 Å². The van der Waals surface area contributed by atoms with Crippen LogP contribution in [0.25, 0.3) is 0 Å². The second-order valence-corrected chi connectivity index (χ2v) is 6.94. The van der Waals surface area contributed by atoms with Crippen LogP contribution in [0.2, 0.25) is 0 Å². The molecule has 0 radical (unpaired) electrons. The van der Waals surface area contributed by atoms with Gasteiger partial charge in [-0.1, -0.05) is 0 Å². The number of carbonyl (C=O) groups excluding carboxylic acids is 1. The Hall–Kier alpha value is -2.00. The van der Waals surface area contributed by atoms with Crippen LogP contribution in [0.4, 0.5) is 10.5 Å². The molecule has 23 heavy (non-hydrogen) atoms. The lowest BCUT2D eigenvalue weighted by Crippen LogP contribution is -2.16. The number of hydrogen-bond donors (Lipinski definition) is 2. The zero-order valence-corrected chi connectivity index (χ0v) is 14.3. The van der Waals surface area contributed by atoms with Gasteiger partial charge in [0.15, 0.2) is 0 Å². The Bertz CT molecular complexity index is 632. The van der Waals surface area contributed by atoms with E-state index in [0.29, 0.717) is 5.56 Å². The maximum Gasteiger partial charge on any atom is 0.411 e. The molecule has 1 amide bonds. The Labute approximate surface area is 135 Å². The van der Waals surface area contributed by atoms with E-state index in [9.17, 15) is 18.3 Å². The van der Waals surface area contributed by atoms with Gasteiger partial charge in [-0.3, -0.25) is 5.32 Å². The summed E-state index contributed by atoms with van der Waals surface area (Å²) in [5, 5.41) is 12.5. The number of aliphatic hydroxyl groups is 1. The van der Waals surface area contributed by atoms with Gasteiger partial charge in [0.1, 0.15) is 27.0 Å². The highest BCUT2D eigenvalue weighted by molar-refractivity contribution is 7.90. The highest BCUT2D eigenvalue weighted by atomic mass is 32.2. The molecule has 1 unspecified atom stereocenters. The number of ether oxygens (including phenoxy) is 3. The summed E-state index contributed by atoms with van der Waals surface area (Å²) in [4.78, 5) is 11.6. The van der Waals surface area contributed by atoms with Crippen LogP contribution >= 0.6 is 0 Å². The van der Waals surface area contributed by atoms with Crippen molar-refractivity contribution in [2.45, 2.75) is 13.0 Å². The first-order valence-electron chi connectivity index (χ1n) is 6.77. The minimum absolute atomic E-state index is 0.196. The minimum atomic E-state index is -3.37. The number of sulfone groups is 1. The molecule has 0 bridgehead atoms. The third-order valence-corrected chi connectivity index (χ3v) is 3.80. The van der Waals surface area contributed by atoms with Gasteiger partial charge in [0.2, 0.25) is 0 Å². The van der Waals surface area contributed by atoms with E-state index in [2.05, 4.69) is 5.32 Å². The molecule has 1 aromatic carbocycles. The van der Waals surface area contributed by atoms with Crippen molar-refractivity contribution in [3.8, 4) is 11.5 Å². The molecule has 0 fully saturated rings.